The Morgan fingerprint density at radius 2 is 1.38 bits per heavy atom. The van der Waals surface area contributed by atoms with Gasteiger partial charge in [-0.25, -0.2) is 0 Å². The highest BCUT2D eigenvalue weighted by Crippen LogP contribution is 2.41. The van der Waals surface area contributed by atoms with E-state index in [-0.39, 0.29) is 24.4 Å². The first kappa shape index (κ1) is 29.4. The topological polar surface area (TPSA) is 77.5 Å². The Labute approximate surface area is 231 Å². The van der Waals surface area contributed by atoms with Gasteiger partial charge in [0.2, 0.25) is 17.6 Å². The van der Waals surface area contributed by atoms with Crippen molar-refractivity contribution < 1.29 is 28.5 Å². The van der Waals surface area contributed by atoms with Crippen LogP contribution in [0.5, 0.6) is 23.0 Å². The lowest BCUT2D eigenvalue weighted by molar-refractivity contribution is -0.153. The van der Waals surface area contributed by atoms with Crippen LogP contribution in [0.2, 0.25) is 0 Å². The molecule has 2 amide bonds. The van der Waals surface area contributed by atoms with Gasteiger partial charge in [-0.15, -0.1) is 0 Å². The number of hydrogen-bond acceptors (Lipinski definition) is 6. The molecule has 0 saturated carbocycles. The monoisotopic (exact) mass is 534 g/mol. The smallest absolute Gasteiger partial charge is 0.245 e. The fourth-order valence-corrected chi connectivity index (χ4v) is 4.39. The largest absolute Gasteiger partial charge is 0.497 e. The van der Waals surface area contributed by atoms with Gasteiger partial charge in [-0.3, -0.25) is 9.59 Å². The van der Waals surface area contributed by atoms with Gasteiger partial charge >= 0.3 is 0 Å². The lowest BCUT2D eigenvalue weighted by atomic mass is 10.0. The van der Waals surface area contributed by atoms with Crippen LogP contribution in [0.15, 0.2) is 60.7 Å². The SMILES string of the molecule is COc1cc(-c2ccc(C)cc2)cc(OC)c1OC.COc1ccc(CCN2C(=O)CN(C)C(=O)[C@@H]2C)cc1. The summed E-state index contributed by atoms with van der Waals surface area (Å²) in [4.78, 5) is 27.0. The molecular weight excluding hydrogens is 496 g/mol. The number of piperazine rings is 1. The van der Waals surface area contributed by atoms with E-state index in [0.29, 0.717) is 23.8 Å². The van der Waals surface area contributed by atoms with Crippen LogP contribution in [0.4, 0.5) is 0 Å². The average Bonchev–Trinajstić information content (AvgIpc) is 2.96. The molecule has 8 nitrogen and oxygen atoms in total. The Kier molecular flexibility index (Phi) is 10.2. The quantitative estimate of drug-likeness (QED) is 0.420. The number of carbonyl (C=O) groups excluding carboxylic acids is 2. The van der Waals surface area contributed by atoms with Crippen LogP contribution < -0.4 is 18.9 Å². The molecule has 1 aliphatic rings. The van der Waals surface area contributed by atoms with Gasteiger partial charge in [0.05, 0.1) is 35.0 Å². The van der Waals surface area contributed by atoms with Crippen LogP contribution in [0.1, 0.15) is 18.1 Å². The molecule has 39 heavy (non-hydrogen) atoms. The fourth-order valence-electron chi connectivity index (χ4n) is 4.39. The zero-order chi connectivity index (χ0) is 28.5. The molecule has 1 atom stereocenters. The Balaban J connectivity index is 0.000000216. The Morgan fingerprint density at radius 3 is 1.90 bits per heavy atom. The van der Waals surface area contributed by atoms with E-state index < -0.39 is 0 Å². The first-order chi connectivity index (χ1) is 18.7. The molecule has 0 bridgehead atoms. The van der Waals surface area contributed by atoms with Crippen molar-refractivity contribution in [2.75, 3.05) is 48.6 Å². The zero-order valence-electron chi connectivity index (χ0n) is 23.8. The minimum Gasteiger partial charge on any atom is -0.497 e. The molecule has 3 aromatic rings. The molecule has 208 valence electrons. The molecule has 0 spiro atoms. The molecule has 1 saturated heterocycles. The summed E-state index contributed by atoms with van der Waals surface area (Å²) in [5.74, 6) is 2.76. The summed E-state index contributed by atoms with van der Waals surface area (Å²) in [5, 5.41) is 0. The molecule has 1 fully saturated rings. The van der Waals surface area contributed by atoms with Crippen LogP contribution >= 0.6 is 0 Å². The summed E-state index contributed by atoms with van der Waals surface area (Å²) < 4.78 is 21.1. The van der Waals surface area contributed by atoms with E-state index in [1.807, 2.05) is 36.4 Å². The van der Waals surface area contributed by atoms with Crippen molar-refractivity contribution in [3.05, 3.63) is 71.8 Å². The number of nitrogens with zero attached hydrogens (tertiary/aromatic N) is 2. The second-order valence-electron chi connectivity index (χ2n) is 9.34. The van der Waals surface area contributed by atoms with E-state index in [1.165, 1.54) is 10.5 Å². The third-order valence-corrected chi connectivity index (χ3v) is 6.74. The van der Waals surface area contributed by atoms with Gasteiger partial charge in [0.15, 0.2) is 11.5 Å². The number of rotatable bonds is 8. The van der Waals surface area contributed by atoms with Crippen molar-refractivity contribution >= 4 is 11.8 Å². The highest BCUT2D eigenvalue weighted by molar-refractivity contribution is 5.94. The molecular formula is C31H38N2O6. The lowest BCUT2D eigenvalue weighted by Gasteiger charge is -2.37. The van der Waals surface area contributed by atoms with E-state index >= 15 is 0 Å². The van der Waals surface area contributed by atoms with Gasteiger partial charge in [0, 0.05) is 13.6 Å². The van der Waals surface area contributed by atoms with Crippen LogP contribution in [0.25, 0.3) is 11.1 Å². The van der Waals surface area contributed by atoms with E-state index in [9.17, 15) is 9.59 Å². The van der Waals surface area contributed by atoms with E-state index in [2.05, 4.69) is 31.2 Å². The summed E-state index contributed by atoms with van der Waals surface area (Å²) in [6, 6.07) is 19.6. The van der Waals surface area contributed by atoms with Gasteiger partial charge in [0.25, 0.3) is 0 Å². The first-order valence-corrected chi connectivity index (χ1v) is 12.8. The van der Waals surface area contributed by atoms with Gasteiger partial charge in [-0.05, 0) is 61.2 Å². The van der Waals surface area contributed by atoms with Gasteiger partial charge < -0.3 is 28.7 Å². The van der Waals surface area contributed by atoms with E-state index in [1.54, 1.807) is 47.3 Å². The maximum atomic E-state index is 12.0. The number of benzene rings is 3. The maximum Gasteiger partial charge on any atom is 0.245 e. The van der Waals surface area contributed by atoms with Crippen molar-refractivity contribution in [1.29, 1.82) is 0 Å². The van der Waals surface area contributed by atoms with Crippen LogP contribution in [0.3, 0.4) is 0 Å². The summed E-state index contributed by atoms with van der Waals surface area (Å²) in [6.07, 6.45) is 0.733. The normalized spacial score (nSPS) is 14.9. The zero-order valence-corrected chi connectivity index (χ0v) is 23.8. The van der Waals surface area contributed by atoms with Gasteiger partial charge in [0.1, 0.15) is 11.8 Å². The average molecular weight is 535 g/mol. The number of methoxy groups -OCH3 is 4. The maximum absolute atomic E-state index is 12.0. The fraction of sp³-hybridized carbons (Fsp3) is 0.355. The Bertz CT molecular complexity index is 1230. The number of amides is 2. The molecule has 0 unspecified atom stereocenters. The van der Waals surface area contributed by atoms with Crippen molar-refractivity contribution in [1.82, 2.24) is 9.80 Å². The molecule has 0 aromatic heterocycles. The van der Waals surface area contributed by atoms with E-state index in [4.69, 9.17) is 18.9 Å². The van der Waals surface area contributed by atoms with Crippen LogP contribution in [-0.4, -0.2) is 76.2 Å². The van der Waals surface area contributed by atoms with Crippen molar-refractivity contribution in [2.45, 2.75) is 26.3 Å². The molecule has 4 rings (SSSR count). The summed E-state index contributed by atoms with van der Waals surface area (Å²) in [5.41, 5.74) is 4.51. The lowest BCUT2D eigenvalue weighted by Crippen LogP contribution is -2.57. The number of likely N-dealkylation sites (N-methyl/N-ethyl adjacent to an activating group) is 1. The number of carbonyl (C=O) groups is 2. The predicted molar refractivity (Wildman–Crippen MR) is 152 cm³/mol. The molecule has 1 heterocycles. The third kappa shape index (κ3) is 7.22. The van der Waals surface area contributed by atoms with Crippen molar-refractivity contribution in [2.24, 2.45) is 0 Å². The number of aryl methyl sites for hydroxylation is 1. The number of ether oxygens (including phenoxy) is 4. The predicted octanol–water partition coefficient (Wildman–Crippen LogP) is 4.61. The third-order valence-electron chi connectivity index (χ3n) is 6.74. The first-order valence-electron chi connectivity index (χ1n) is 12.8. The van der Waals surface area contributed by atoms with E-state index in [0.717, 1.165) is 28.9 Å². The van der Waals surface area contributed by atoms with Gasteiger partial charge in [-0.1, -0.05) is 42.0 Å². The highest BCUT2D eigenvalue weighted by atomic mass is 16.5. The summed E-state index contributed by atoms with van der Waals surface area (Å²) in [7, 11) is 8.14. The van der Waals surface area contributed by atoms with Crippen LogP contribution in [-0.2, 0) is 16.0 Å². The van der Waals surface area contributed by atoms with Crippen LogP contribution in [0, 0.1) is 6.92 Å². The summed E-state index contributed by atoms with van der Waals surface area (Å²) in [6.45, 7) is 4.58. The molecule has 0 radical (unpaired) electrons. The molecule has 0 aliphatic carbocycles. The second-order valence-corrected chi connectivity index (χ2v) is 9.34. The Hall–Kier alpha value is -4.20. The van der Waals surface area contributed by atoms with Crippen molar-refractivity contribution in [3.8, 4) is 34.1 Å². The standard InChI is InChI=1S/C16H18O3.C15H20N2O3/c1-11-5-7-12(8-6-11)13-9-14(17-2)16(19-4)15(10-13)18-3;1-11-15(19)16(2)10-14(18)17(11)9-8-12-4-6-13(20-3)7-5-12/h5-10H,1-4H3;4-7,11H,8-10H2,1-3H3/t;11-/m.0/s1. The minimum atomic E-state index is -0.375. The molecule has 1 aliphatic heterocycles. The minimum absolute atomic E-state index is 0.000620. The molecule has 8 heteroatoms. The van der Waals surface area contributed by atoms with Gasteiger partial charge in [-0.2, -0.15) is 0 Å². The van der Waals surface area contributed by atoms with Crippen molar-refractivity contribution in [3.63, 3.8) is 0 Å². The molecule has 3 aromatic carbocycles. The number of hydrogen-bond donors (Lipinski definition) is 0. The molecule has 0 N–H and O–H groups in total. The second kappa shape index (κ2) is 13.6. The summed E-state index contributed by atoms with van der Waals surface area (Å²) >= 11 is 0. The highest BCUT2D eigenvalue weighted by Gasteiger charge is 2.34. The Morgan fingerprint density at radius 1 is 0.795 bits per heavy atom.